The standard InChI is InChI=1S/C23H26N2O5/c1-16(26)29-22-13-18-7-4-3-6-17(18)12-20(8-5-9-21(22)27)30-23(28)11-10-19-14-25(2)15-24-19/h3-7,9-11,14-15,20-22,27H,8,12-13H2,1-2H3. The van der Waals surface area contributed by atoms with E-state index in [2.05, 4.69) is 4.98 Å². The molecule has 0 radical (unpaired) electrons. The van der Waals surface area contributed by atoms with Crippen molar-refractivity contribution in [2.75, 3.05) is 0 Å². The number of hydrogen-bond acceptors (Lipinski definition) is 6. The topological polar surface area (TPSA) is 90.7 Å². The van der Waals surface area contributed by atoms with Gasteiger partial charge in [-0.1, -0.05) is 36.4 Å². The third kappa shape index (κ3) is 6.15. The molecule has 1 N–H and O–H groups in total. The maximum atomic E-state index is 12.3. The number of ether oxygens (including phenoxy) is 2. The minimum absolute atomic E-state index is 0.376. The Morgan fingerprint density at radius 2 is 1.93 bits per heavy atom. The zero-order chi connectivity index (χ0) is 21.5. The molecule has 0 saturated carbocycles. The fourth-order valence-electron chi connectivity index (χ4n) is 3.41. The highest BCUT2D eigenvalue weighted by molar-refractivity contribution is 5.86. The zero-order valence-corrected chi connectivity index (χ0v) is 17.1. The minimum Gasteiger partial charge on any atom is -0.459 e. The molecule has 0 spiro atoms. The van der Waals surface area contributed by atoms with E-state index in [9.17, 15) is 14.7 Å². The van der Waals surface area contributed by atoms with Gasteiger partial charge in [-0.25, -0.2) is 9.78 Å². The van der Waals surface area contributed by atoms with E-state index in [1.54, 1.807) is 35.3 Å². The summed E-state index contributed by atoms with van der Waals surface area (Å²) in [6.07, 6.45) is 9.11. The maximum Gasteiger partial charge on any atom is 0.331 e. The van der Waals surface area contributed by atoms with Crippen LogP contribution in [-0.2, 0) is 39.0 Å². The van der Waals surface area contributed by atoms with Gasteiger partial charge >= 0.3 is 11.9 Å². The van der Waals surface area contributed by atoms with Crippen molar-refractivity contribution in [3.05, 3.63) is 71.8 Å². The molecule has 30 heavy (non-hydrogen) atoms. The number of aromatic nitrogens is 2. The summed E-state index contributed by atoms with van der Waals surface area (Å²) in [5, 5.41) is 10.5. The van der Waals surface area contributed by atoms with Crippen LogP contribution in [-0.4, -0.2) is 44.9 Å². The van der Waals surface area contributed by atoms with Gasteiger partial charge in [-0.3, -0.25) is 4.79 Å². The second kappa shape index (κ2) is 10.0. The number of hydrogen-bond donors (Lipinski definition) is 1. The van der Waals surface area contributed by atoms with E-state index in [1.165, 1.54) is 13.0 Å². The van der Waals surface area contributed by atoms with Gasteiger partial charge in [0.2, 0.25) is 0 Å². The quantitative estimate of drug-likeness (QED) is 0.473. The number of rotatable bonds is 4. The third-order valence-electron chi connectivity index (χ3n) is 4.82. The molecule has 2 aromatic rings. The van der Waals surface area contributed by atoms with Crippen molar-refractivity contribution in [1.29, 1.82) is 0 Å². The van der Waals surface area contributed by atoms with Crippen LogP contribution in [0.3, 0.4) is 0 Å². The predicted octanol–water partition coefficient (Wildman–Crippen LogP) is 2.38. The van der Waals surface area contributed by atoms with Crippen molar-refractivity contribution >= 4 is 18.0 Å². The summed E-state index contributed by atoms with van der Waals surface area (Å²) < 4.78 is 12.8. The number of benzene rings is 1. The van der Waals surface area contributed by atoms with Crippen molar-refractivity contribution in [2.24, 2.45) is 7.05 Å². The van der Waals surface area contributed by atoms with Gasteiger partial charge in [0.25, 0.3) is 0 Å². The number of imidazole rings is 1. The summed E-state index contributed by atoms with van der Waals surface area (Å²) in [4.78, 5) is 27.9. The van der Waals surface area contributed by atoms with E-state index in [4.69, 9.17) is 9.47 Å². The highest BCUT2D eigenvalue weighted by Gasteiger charge is 2.24. The Balaban J connectivity index is 1.75. The van der Waals surface area contributed by atoms with Crippen LogP contribution in [0.5, 0.6) is 0 Å². The van der Waals surface area contributed by atoms with Crippen LogP contribution >= 0.6 is 0 Å². The number of aliphatic hydroxyl groups excluding tert-OH is 1. The molecule has 3 rings (SSSR count). The molecule has 1 aromatic heterocycles. The predicted molar refractivity (Wildman–Crippen MR) is 111 cm³/mol. The van der Waals surface area contributed by atoms with Crippen LogP contribution in [0.15, 0.2) is 55.0 Å². The summed E-state index contributed by atoms with van der Waals surface area (Å²) in [5.74, 6) is -0.888. The Bertz CT molecular complexity index is 947. The van der Waals surface area contributed by atoms with Gasteiger partial charge in [-0.2, -0.15) is 0 Å². The molecule has 3 unspecified atom stereocenters. The minimum atomic E-state index is -0.944. The molecule has 0 aliphatic heterocycles. The van der Waals surface area contributed by atoms with Gasteiger partial charge in [0, 0.05) is 45.5 Å². The fourth-order valence-corrected chi connectivity index (χ4v) is 3.41. The Kier molecular flexibility index (Phi) is 7.19. The fraction of sp³-hybridized carbons (Fsp3) is 0.348. The second-order valence-corrected chi connectivity index (χ2v) is 7.34. The molecule has 1 heterocycles. The second-order valence-electron chi connectivity index (χ2n) is 7.34. The van der Waals surface area contributed by atoms with Gasteiger partial charge in [0.1, 0.15) is 18.3 Å². The highest BCUT2D eigenvalue weighted by atomic mass is 16.6. The van der Waals surface area contributed by atoms with Crippen molar-refractivity contribution in [1.82, 2.24) is 9.55 Å². The SMILES string of the molecule is CC(=O)OC1Cc2ccccc2CC(OC(=O)C=Cc2cn(C)cn2)CC=CC1O. The molecule has 158 valence electrons. The number of fused-ring (bicyclic) bond motifs is 1. The summed E-state index contributed by atoms with van der Waals surface area (Å²) in [7, 11) is 1.85. The van der Waals surface area contributed by atoms with E-state index in [0.29, 0.717) is 25.0 Å². The number of carbonyl (C=O) groups excluding carboxylic acids is 2. The summed E-state index contributed by atoms with van der Waals surface area (Å²) in [6.45, 7) is 1.33. The van der Waals surface area contributed by atoms with Crippen molar-refractivity contribution in [3.8, 4) is 0 Å². The first-order chi connectivity index (χ1) is 14.4. The van der Waals surface area contributed by atoms with Crippen LogP contribution in [0.4, 0.5) is 0 Å². The van der Waals surface area contributed by atoms with E-state index < -0.39 is 24.1 Å². The van der Waals surface area contributed by atoms with Crippen LogP contribution in [0.25, 0.3) is 6.08 Å². The molecular formula is C23H26N2O5. The van der Waals surface area contributed by atoms with E-state index >= 15 is 0 Å². The molecule has 0 amide bonds. The Labute approximate surface area is 175 Å². The maximum absolute atomic E-state index is 12.3. The van der Waals surface area contributed by atoms with Crippen molar-refractivity contribution < 1.29 is 24.2 Å². The van der Waals surface area contributed by atoms with Crippen LogP contribution in [0, 0.1) is 0 Å². The lowest BCUT2D eigenvalue weighted by Crippen LogP contribution is -2.32. The molecule has 3 atom stereocenters. The van der Waals surface area contributed by atoms with Gasteiger partial charge in [-0.15, -0.1) is 0 Å². The summed E-state index contributed by atoms with van der Waals surface area (Å²) >= 11 is 0. The average molecular weight is 410 g/mol. The number of esters is 2. The summed E-state index contributed by atoms with van der Waals surface area (Å²) in [6, 6.07) is 7.71. The van der Waals surface area contributed by atoms with Crippen LogP contribution in [0.1, 0.15) is 30.2 Å². The Morgan fingerprint density at radius 1 is 1.20 bits per heavy atom. The lowest BCUT2D eigenvalue weighted by molar-refractivity contribution is -0.150. The molecule has 1 aromatic carbocycles. The lowest BCUT2D eigenvalue weighted by Gasteiger charge is -2.25. The largest absolute Gasteiger partial charge is 0.459 e. The molecular weight excluding hydrogens is 384 g/mol. The van der Waals surface area contributed by atoms with E-state index in [0.717, 1.165) is 11.1 Å². The number of aryl methyl sites for hydroxylation is 1. The first-order valence-electron chi connectivity index (χ1n) is 9.86. The lowest BCUT2D eigenvalue weighted by atomic mass is 9.93. The van der Waals surface area contributed by atoms with Gasteiger partial charge < -0.3 is 19.1 Å². The van der Waals surface area contributed by atoms with Gasteiger partial charge in [0.15, 0.2) is 0 Å². The molecule has 0 fully saturated rings. The zero-order valence-electron chi connectivity index (χ0n) is 17.1. The monoisotopic (exact) mass is 410 g/mol. The smallest absolute Gasteiger partial charge is 0.331 e. The normalized spacial score (nSPS) is 21.8. The molecule has 1 aliphatic rings. The molecule has 0 saturated heterocycles. The third-order valence-corrected chi connectivity index (χ3v) is 4.82. The molecule has 7 nitrogen and oxygen atoms in total. The van der Waals surface area contributed by atoms with Crippen LogP contribution in [0.2, 0.25) is 0 Å². The van der Waals surface area contributed by atoms with Crippen LogP contribution < -0.4 is 0 Å². The number of aliphatic hydroxyl groups is 1. The Hall–Kier alpha value is -3.19. The van der Waals surface area contributed by atoms with E-state index in [-0.39, 0.29) is 6.10 Å². The molecule has 0 bridgehead atoms. The van der Waals surface area contributed by atoms with Gasteiger partial charge in [0.05, 0.1) is 12.0 Å². The molecule has 1 aliphatic carbocycles. The summed E-state index contributed by atoms with van der Waals surface area (Å²) in [5.41, 5.74) is 2.61. The first kappa shape index (κ1) is 21.5. The number of carbonyl (C=O) groups is 2. The average Bonchev–Trinajstić information content (AvgIpc) is 3.11. The number of nitrogens with zero attached hydrogens (tertiary/aromatic N) is 2. The first-order valence-corrected chi connectivity index (χ1v) is 9.86. The molecule has 7 heteroatoms. The Morgan fingerprint density at radius 3 is 2.60 bits per heavy atom. The van der Waals surface area contributed by atoms with E-state index in [1.807, 2.05) is 31.3 Å². The van der Waals surface area contributed by atoms with Gasteiger partial charge in [-0.05, 0) is 17.2 Å². The van der Waals surface area contributed by atoms with Crippen molar-refractivity contribution in [2.45, 2.75) is 44.5 Å². The highest BCUT2D eigenvalue weighted by Crippen LogP contribution is 2.21. The van der Waals surface area contributed by atoms with Crippen molar-refractivity contribution in [3.63, 3.8) is 0 Å².